The van der Waals surface area contributed by atoms with Crippen LogP contribution in [0.4, 0.5) is 13.2 Å². The van der Waals surface area contributed by atoms with Gasteiger partial charge in [-0.1, -0.05) is 35.9 Å². The van der Waals surface area contributed by atoms with Crippen LogP contribution in [0.15, 0.2) is 64.9 Å². The van der Waals surface area contributed by atoms with E-state index in [4.69, 9.17) is 16.3 Å². The summed E-state index contributed by atoms with van der Waals surface area (Å²) >= 11 is 6.88. The minimum absolute atomic E-state index is 0.117. The number of aryl methyl sites for hydroxylation is 1. The third-order valence-electron chi connectivity index (χ3n) is 5.83. The van der Waals surface area contributed by atoms with Gasteiger partial charge in [-0.3, -0.25) is 4.79 Å². The molecule has 2 aromatic carbocycles. The number of hydrogen-bond donors (Lipinski definition) is 0. The van der Waals surface area contributed by atoms with Crippen LogP contribution in [0, 0.1) is 0 Å². The second-order valence-corrected chi connectivity index (χ2v) is 12.3. The van der Waals surface area contributed by atoms with E-state index in [2.05, 4.69) is 4.74 Å². The molecule has 2 heterocycles. The number of hydrogen-bond acceptors (Lipinski definition) is 6. The Hall–Kier alpha value is -2.60. The molecule has 0 amide bonds. The maximum atomic E-state index is 13.0. The summed E-state index contributed by atoms with van der Waals surface area (Å²) in [5.41, 5.74) is 1.76. The lowest BCUT2D eigenvalue weighted by Crippen LogP contribution is -2.40. The molecule has 0 spiro atoms. The van der Waals surface area contributed by atoms with Crippen LogP contribution in [0.2, 0.25) is 4.34 Å². The van der Waals surface area contributed by atoms with E-state index in [0.717, 1.165) is 22.5 Å². The molecule has 0 aliphatic carbocycles. The van der Waals surface area contributed by atoms with Crippen molar-refractivity contribution in [2.24, 2.45) is 0 Å². The molecule has 1 saturated heterocycles. The van der Waals surface area contributed by atoms with Crippen LogP contribution < -0.4 is 9.47 Å². The molecular weight excluding hydrogens is 551 g/mol. The number of halogens is 4. The van der Waals surface area contributed by atoms with Crippen molar-refractivity contribution in [3.05, 3.63) is 76.1 Å². The number of carbonyl (C=O) groups is 1. The van der Waals surface area contributed by atoms with Crippen LogP contribution in [0.3, 0.4) is 0 Å². The number of alkyl halides is 3. The monoisotopic (exact) mass is 573 g/mol. The highest BCUT2D eigenvalue weighted by Gasteiger charge is 2.39. The van der Waals surface area contributed by atoms with Gasteiger partial charge in [-0.25, -0.2) is 8.42 Å². The fourth-order valence-electron chi connectivity index (χ4n) is 4.04. The van der Waals surface area contributed by atoms with E-state index in [9.17, 15) is 26.4 Å². The van der Waals surface area contributed by atoms with Gasteiger partial charge in [0.05, 0.1) is 10.4 Å². The largest absolute Gasteiger partial charge is 0.573 e. The molecule has 1 aromatic heterocycles. The topological polar surface area (TPSA) is 72.9 Å². The summed E-state index contributed by atoms with van der Waals surface area (Å²) in [6, 6.07) is 14.9. The average Bonchev–Trinajstić information content (AvgIpc) is 3.52. The highest BCUT2D eigenvalue weighted by molar-refractivity contribution is 7.91. The highest BCUT2D eigenvalue weighted by atomic mass is 35.5. The summed E-state index contributed by atoms with van der Waals surface area (Å²) in [4.78, 5) is 12.9. The van der Waals surface area contributed by atoms with Gasteiger partial charge in [-0.2, -0.15) is 4.31 Å². The van der Waals surface area contributed by atoms with Gasteiger partial charge in [0.25, 0.3) is 10.0 Å². The van der Waals surface area contributed by atoms with Crippen LogP contribution in [0.1, 0.15) is 30.4 Å². The van der Waals surface area contributed by atoms with Crippen LogP contribution in [0.5, 0.6) is 11.5 Å². The molecule has 1 aliphatic heterocycles. The van der Waals surface area contributed by atoms with Crippen molar-refractivity contribution < 1.29 is 35.9 Å². The summed E-state index contributed by atoms with van der Waals surface area (Å²) in [5, 5.41) is 0. The molecule has 37 heavy (non-hydrogen) atoms. The number of rotatable bonds is 10. The van der Waals surface area contributed by atoms with Crippen molar-refractivity contribution >= 4 is 38.7 Å². The zero-order valence-electron chi connectivity index (χ0n) is 19.4. The second kappa shape index (κ2) is 11.4. The zero-order valence-corrected chi connectivity index (χ0v) is 21.8. The van der Waals surface area contributed by atoms with E-state index in [0.29, 0.717) is 35.9 Å². The Kier molecular flexibility index (Phi) is 8.47. The SMILES string of the molecule is O=C(CCc1ccc(COc2ccc(OC(F)(F)F)cc2)cc1)[C@@H]1CCCN1S(=O)(=O)c1ccc(Cl)s1. The lowest BCUT2D eigenvalue weighted by molar-refractivity contribution is -0.274. The maximum Gasteiger partial charge on any atom is 0.573 e. The Balaban J connectivity index is 1.28. The third kappa shape index (κ3) is 7.25. The normalized spacial score (nSPS) is 16.6. The molecule has 1 aliphatic rings. The van der Waals surface area contributed by atoms with E-state index < -0.39 is 22.4 Å². The Morgan fingerprint density at radius 1 is 1.00 bits per heavy atom. The van der Waals surface area contributed by atoms with Crippen molar-refractivity contribution in [1.82, 2.24) is 4.31 Å². The van der Waals surface area contributed by atoms with Crippen LogP contribution in [-0.4, -0.2) is 37.5 Å². The summed E-state index contributed by atoms with van der Waals surface area (Å²) in [6.07, 6.45) is -2.94. The Morgan fingerprint density at radius 3 is 2.27 bits per heavy atom. The van der Waals surface area contributed by atoms with Gasteiger partial charge in [-0.05, 0) is 66.8 Å². The first-order valence-corrected chi connectivity index (χ1v) is 14.0. The first kappa shape index (κ1) is 27.4. The number of thiophene rings is 1. The average molecular weight is 574 g/mol. The number of ketones is 1. The minimum atomic E-state index is -4.75. The Bertz CT molecular complexity index is 1330. The standard InChI is InChI=1S/C25H23ClF3NO5S2/c26-23-13-14-24(36-23)37(32,33)30-15-1-2-21(30)22(31)12-7-17-3-5-18(6-4-17)16-34-19-8-10-20(11-9-19)35-25(27,28)29/h3-6,8-11,13-14,21H,1-2,7,12,15-16H2/t21-/m0/s1. The van der Waals surface area contributed by atoms with E-state index >= 15 is 0 Å². The van der Waals surface area contributed by atoms with Crippen molar-refractivity contribution in [2.45, 2.75) is 48.9 Å². The number of nitrogens with zero attached hydrogens (tertiary/aromatic N) is 1. The van der Waals surface area contributed by atoms with Gasteiger partial charge < -0.3 is 9.47 Å². The second-order valence-electron chi connectivity index (χ2n) is 8.42. The molecule has 0 unspecified atom stereocenters. The summed E-state index contributed by atoms with van der Waals surface area (Å²) in [7, 11) is -3.76. The lowest BCUT2D eigenvalue weighted by atomic mass is 10.0. The zero-order chi connectivity index (χ0) is 26.6. The predicted molar refractivity (Wildman–Crippen MR) is 133 cm³/mol. The summed E-state index contributed by atoms with van der Waals surface area (Å²) < 4.78 is 73.9. The van der Waals surface area contributed by atoms with Gasteiger partial charge >= 0.3 is 6.36 Å². The van der Waals surface area contributed by atoms with Crippen molar-refractivity contribution in [1.29, 1.82) is 0 Å². The van der Waals surface area contributed by atoms with Crippen molar-refractivity contribution in [2.75, 3.05) is 6.54 Å². The predicted octanol–water partition coefficient (Wildman–Crippen LogP) is 6.23. The number of benzene rings is 2. The van der Waals surface area contributed by atoms with Crippen LogP contribution in [0.25, 0.3) is 0 Å². The quantitative estimate of drug-likeness (QED) is 0.287. The number of carbonyl (C=O) groups excluding carboxylic acids is 1. The maximum absolute atomic E-state index is 13.0. The highest BCUT2D eigenvalue weighted by Crippen LogP contribution is 2.33. The number of ether oxygens (including phenoxy) is 2. The van der Waals surface area contributed by atoms with Gasteiger partial charge in [0.15, 0.2) is 5.78 Å². The van der Waals surface area contributed by atoms with E-state index in [1.807, 2.05) is 24.3 Å². The fourth-order valence-corrected chi connectivity index (χ4v) is 7.33. The molecule has 4 rings (SSSR count). The Morgan fingerprint density at radius 2 is 1.65 bits per heavy atom. The number of Topliss-reactive ketones (excluding diaryl/α,β-unsaturated/α-hetero) is 1. The van der Waals surface area contributed by atoms with E-state index in [-0.39, 0.29) is 28.8 Å². The molecule has 0 radical (unpaired) electrons. The van der Waals surface area contributed by atoms with Crippen LogP contribution >= 0.6 is 22.9 Å². The molecule has 1 atom stereocenters. The summed E-state index contributed by atoms with van der Waals surface area (Å²) in [6.45, 7) is 0.515. The summed E-state index contributed by atoms with van der Waals surface area (Å²) in [5.74, 6) is -0.0489. The van der Waals surface area contributed by atoms with Crippen LogP contribution in [-0.2, 0) is 27.8 Å². The van der Waals surface area contributed by atoms with Gasteiger partial charge in [0.1, 0.15) is 22.3 Å². The van der Waals surface area contributed by atoms with Gasteiger partial charge in [0, 0.05) is 13.0 Å². The molecular formula is C25H23ClF3NO5S2. The Labute approximate surface area is 221 Å². The molecule has 198 valence electrons. The molecule has 0 saturated carbocycles. The van der Waals surface area contributed by atoms with Gasteiger partial charge in [0.2, 0.25) is 0 Å². The van der Waals surface area contributed by atoms with Gasteiger partial charge in [-0.15, -0.1) is 24.5 Å². The van der Waals surface area contributed by atoms with Crippen molar-refractivity contribution in [3.63, 3.8) is 0 Å². The lowest BCUT2D eigenvalue weighted by Gasteiger charge is -2.22. The number of sulfonamides is 1. The molecule has 6 nitrogen and oxygen atoms in total. The van der Waals surface area contributed by atoms with E-state index in [1.165, 1.54) is 40.7 Å². The first-order chi connectivity index (χ1) is 17.5. The van der Waals surface area contributed by atoms with Crippen molar-refractivity contribution in [3.8, 4) is 11.5 Å². The molecule has 0 bridgehead atoms. The smallest absolute Gasteiger partial charge is 0.489 e. The van der Waals surface area contributed by atoms with E-state index in [1.54, 1.807) is 0 Å². The first-order valence-electron chi connectivity index (χ1n) is 11.4. The minimum Gasteiger partial charge on any atom is -0.489 e. The molecule has 3 aromatic rings. The molecule has 1 fully saturated rings. The molecule has 0 N–H and O–H groups in total. The third-order valence-corrected chi connectivity index (χ3v) is 9.44. The fraction of sp³-hybridized carbons (Fsp3) is 0.320. The molecule has 12 heteroatoms.